The molecule has 1 aromatic carbocycles. The molecule has 0 aromatic heterocycles. The SMILES string of the molecule is CCOC(=O)[C@@H](CO)c1ccc(OC)cc1. The predicted octanol–water partition coefficient (Wildman–Crippen LogP) is 1.33. The van der Waals surface area contributed by atoms with Crippen LogP contribution in [-0.4, -0.2) is 31.4 Å². The van der Waals surface area contributed by atoms with Crippen molar-refractivity contribution in [2.45, 2.75) is 12.8 Å². The van der Waals surface area contributed by atoms with Crippen molar-refractivity contribution < 1.29 is 19.4 Å². The van der Waals surface area contributed by atoms with Gasteiger partial charge in [-0.05, 0) is 24.6 Å². The van der Waals surface area contributed by atoms with Gasteiger partial charge in [-0.15, -0.1) is 0 Å². The van der Waals surface area contributed by atoms with Gasteiger partial charge in [0, 0.05) is 0 Å². The third kappa shape index (κ3) is 2.97. The van der Waals surface area contributed by atoms with Crippen molar-refractivity contribution in [1.82, 2.24) is 0 Å². The Hall–Kier alpha value is -1.55. The maximum Gasteiger partial charge on any atom is 0.315 e. The van der Waals surface area contributed by atoms with Crippen LogP contribution < -0.4 is 4.74 Å². The van der Waals surface area contributed by atoms with E-state index in [0.717, 1.165) is 5.56 Å². The quantitative estimate of drug-likeness (QED) is 0.767. The van der Waals surface area contributed by atoms with Crippen LogP contribution in [0.1, 0.15) is 18.4 Å². The van der Waals surface area contributed by atoms with E-state index < -0.39 is 11.9 Å². The van der Waals surface area contributed by atoms with Crippen LogP contribution in [0.25, 0.3) is 0 Å². The van der Waals surface area contributed by atoms with Crippen molar-refractivity contribution in [3.8, 4) is 5.75 Å². The lowest BCUT2D eigenvalue weighted by Gasteiger charge is -2.13. The number of hydrogen-bond donors (Lipinski definition) is 1. The van der Waals surface area contributed by atoms with Crippen LogP contribution in [0.5, 0.6) is 5.75 Å². The summed E-state index contributed by atoms with van der Waals surface area (Å²) < 4.78 is 9.89. The number of aliphatic hydroxyl groups is 1. The molecule has 1 atom stereocenters. The Labute approximate surface area is 94.8 Å². The molecule has 0 bridgehead atoms. The fraction of sp³-hybridized carbons (Fsp3) is 0.417. The van der Waals surface area contributed by atoms with Gasteiger partial charge in [-0.3, -0.25) is 4.79 Å². The van der Waals surface area contributed by atoms with Crippen LogP contribution in [0.4, 0.5) is 0 Å². The summed E-state index contributed by atoms with van der Waals surface area (Å²) in [5.41, 5.74) is 0.724. The number of benzene rings is 1. The highest BCUT2D eigenvalue weighted by atomic mass is 16.5. The first-order chi connectivity index (χ1) is 7.72. The summed E-state index contributed by atoms with van der Waals surface area (Å²) in [5.74, 6) is -0.315. The van der Waals surface area contributed by atoms with E-state index in [1.807, 2.05) is 0 Å². The van der Waals surface area contributed by atoms with Crippen LogP contribution in [0.3, 0.4) is 0 Å². The fourth-order valence-corrected chi connectivity index (χ4v) is 1.40. The maximum absolute atomic E-state index is 11.5. The zero-order chi connectivity index (χ0) is 12.0. The number of rotatable bonds is 5. The van der Waals surface area contributed by atoms with E-state index in [1.54, 1.807) is 38.3 Å². The smallest absolute Gasteiger partial charge is 0.315 e. The van der Waals surface area contributed by atoms with Crippen LogP contribution in [0.2, 0.25) is 0 Å². The van der Waals surface area contributed by atoms with E-state index in [1.165, 1.54) is 0 Å². The zero-order valence-corrected chi connectivity index (χ0v) is 9.47. The Morgan fingerprint density at radius 3 is 2.44 bits per heavy atom. The van der Waals surface area contributed by atoms with Crippen LogP contribution in [-0.2, 0) is 9.53 Å². The highest BCUT2D eigenvalue weighted by Crippen LogP contribution is 2.20. The minimum atomic E-state index is -0.620. The molecule has 1 aromatic rings. The Balaban J connectivity index is 2.82. The summed E-state index contributed by atoms with van der Waals surface area (Å²) in [6, 6.07) is 6.99. The molecule has 1 rings (SSSR count). The molecule has 0 aliphatic carbocycles. The van der Waals surface area contributed by atoms with E-state index in [9.17, 15) is 9.90 Å². The van der Waals surface area contributed by atoms with E-state index >= 15 is 0 Å². The first kappa shape index (κ1) is 12.5. The minimum Gasteiger partial charge on any atom is -0.497 e. The van der Waals surface area contributed by atoms with Gasteiger partial charge < -0.3 is 14.6 Å². The normalized spacial score (nSPS) is 11.9. The number of carbonyl (C=O) groups is 1. The van der Waals surface area contributed by atoms with Crippen molar-refractivity contribution in [2.24, 2.45) is 0 Å². The van der Waals surface area contributed by atoms with Crippen molar-refractivity contribution in [3.05, 3.63) is 29.8 Å². The number of esters is 1. The topological polar surface area (TPSA) is 55.8 Å². The lowest BCUT2D eigenvalue weighted by atomic mass is 10.0. The van der Waals surface area contributed by atoms with Gasteiger partial charge in [-0.25, -0.2) is 0 Å². The third-order valence-electron chi connectivity index (χ3n) is 2.27. The summed E-state index contributed by atoms with van der Waals surface area (Å²) in [5, 5.41) is 9.17. The molecule has 0 amide bonds. The largest absolute Gasteiger partial charge is 0.497 e. The van der Waals surface area contributed by atoms with E-state index in [2.05, 4.69) is 0 Å². The van der Waals surface area contributed by atoms with E-state index in [4.69, 9.17) is 9.47 Å². The van der Waals surface area contributed by atoms with Gasteiger partial charge in [0.25, 0.3) is 0 Å². The molecule has 4 heteroatoms. The van der Waals surface area contributed by atoms with Gasteiger partial charge in [0.15, 0.2) is 0 Å². The summed E-state index contributed by atoms with van der Waals surface area (Å²) >= 11 is 0. The van der Waals surface area contributed by atoms with E-state index in [0.29, 0.717) is 12.4 Å². The van der Waals surface area contributed by atoms with Crippen molar-refractivity contribution in [2.75, 3.05) is 20.3 Å². The fourth-order valence-electron chi connectivity index (χ4n) is 1.40. The summed E-state index contributed by atoms with van der Waals surface area (Å²) in [4.78, 5) is 11.5. The highest BCUT2D eigenvalue weighted by Gasteiger charge is 2.20. The molecular weight excluding hydrogens is 208 g/mol. The predicted molar refractivity (Wildman–Crippen MR) is 59.5 cm³/mol. The lowest BCUT2D eigenvalue weighted by molar-refractivity contribution is -0.145. The average molecular weight is 224 g/mol. The van der Waals surface area contributed by atoms with Gasteiger partial charge in [0.1, 0.15) is 11.7 Å². The van der Waals surface area contributed by atoms with Crippen LogP contribution >= 0.6 is 0 Å². The van der Waals surface area contributed by atoms with Crippen molar-refractivity contribution in [3.63, 3.8) is 0 Å². The molecule has 0 saturated carbocycles. The second-order valence-corrected chi connectivity index (χ2v) is 3.26. The van der Waals surface area contributed by atoms with Crippen LogP contribution in [0, 0.1) is 0 Å². The van der Waals surface area contributed by atoms with Gasteiger partial charge >= 0.3 is 5.97 Å². The monoisotopic (exact) mass is 224 g/mol. The molecule has 16 heavy (non-hydrogen) atoms. The Morgan fingerprint density at radius 2 is 2.00 bits per heavy atom. The van der Waals surface area contributed by atoms with Gasteiger partial charge in [-0.1, -0.05) is 12.1 Å². The van der Waals surface area contributed by atoms with Crippen molar-refractivity contribution >= 4 is 5.97 Å². The molecule has 0 saturated heterocycles. The number of ether oxygens (including phenoxy) is 2. The molecule has 0 aliphatic rings. The first-order valence-corrected chi connectivity index (χ1v) is 5.14. The molecular formula is C12H16O4. The molecule has 0 aliphatic heterocycles. The van der Waals surface area contributed by atoms with Gasteiger partial charge in [-0.2, -0.15) is 0 Å². The highest BCUT2D eigenvalue weighted by molar-refractivity contribution is 5.78. The third-order valence-corrected chi connectivity index (χ3v) is 2.27. The molecule has 0 spiro atoms. The first-order valence-electron chi connectivity index (χ1n) is 5.14. The van der Waals surface area contributed by atoms with Crippen molar-refractivity contribution in [1.29, 1.82) is 0 Å². The number of aliphatic hydroxyl groups excluding tert-OH is 1. The van der Waals surface area contributed by atoms with Gasteiger partial charge in [0.05, 0.1) is 20.3 Å². The minimum absolute atomic E-state index is 0.259. The Bertz CT molecular complexity index is 331. The maximum atomic E-state index is 11.5. The number of hydrogen-bond acceptors (Lipinski definition) is 4. The van der Waals surface area contributed by atoms with Gasteiger partial charge in [0.2, 0.25) is 0 Å². The molecule has 0 heterocycles. The number of carbonyl (C=O) groups excluding carboxylic acids is 1. The molecule has 88 valence electrons. The molecule has 0 unspecified atom stereocenters. The Kier molecular flexibility index (Phi) is 4.79. The molecule has 4 nitrogen and oxygen atoms in total. The molecule has 0 fully saturated rings. The summed E-state index contributed by atoms with van der Waals surface area (Å²) in [6.45, 7) is 1.79. The summed E-state index contributed by atoms with van der Waals surface area (Å²) in [6.07, 6.45) is 0. The standard InChI is InChI=1S/C12H16O4/c1-3-16-12(14)11(8-13)9-4-6-10(15-2)7-5-9/h4-7,11,13H,3,8H2,1-2H3/t11-/m0/s1. The average Bonchev–Trinajstić information content (AvgIpc) is 2.31. The second kappa shape index (κ2) is 6.12. The zero-order valence-electron chi connectivity index (χ0n) is 9.47. The van der Waals surface area contributed by atoms with E-state index in [-0.39, 0.29) is 6.61 Å². The molecule has 1 N–H and O–H groups in total. The molecule has 0 radical (unpaired) electrons. The lowest BCUT2D eigenvalue weighted by Crippen LogP contribution is -2.19. The number of methoxy groups -OCH3 is 1. The summed E-state index contributed by atoms with van der Waals surface area (Å²) in [7, 11) is 1.57. The van der Waals surface area contributed by atoms with Crippen LogP contribution in [0.15, 0.2) is 24.3 Å². The second-order valence-electron chi connectivity index (χ2n) is 3.26. The Morgan fingerprint density at radius 1 is 1.38 bits per heavy atom.